The molecule has 1 amide bonds. The van der Waals surface area contributed by atoms with Gasteiger partial charge in [0, 0.05) is 24.8 Å². The molecule has 0 aromatic carbocycles. The van der Waals surface area contributed by atoms with Crippen LogP contribution in [0.3, 0.4) is 0 Å². The van der Waals surface area contributed by atoms with Crippen molar-refractivity contribution >= 4 is 23.6 Å². The second-order valence-corrected chi connectivity index (χ2v) is 6.08. The number of amides is 1. The Morgan fingerprint density at radius 1 is 1.53 bits per heavy atom. The Balaban J connectivity index is 2.49. The number of thioether (sulfide) groups is 1. The zero-order chi connectivity index (χ0) is 13.0. The summed E-state index contributed by atoms with van der Waals surface area (Å²) in [6, 6.07) is 0. The van der Waals surface area contributed by atoms with Gasteiger partial charge in [-0.15, -0.1) is 0 Å². The number of rotatable bonds is 4. The molecule has 1 saturated heterocycles. The minimum atomic E-state index is -0.734. The zero-order valence-electron chi connectivity index (χ0n) is 10.7. The average molecular weight is 259 g/mol. The minimum absolute atomic E-state index is 0.0507. The summed E-state index contributed by atoms with van der Waals surface area (Å²) >= 11 is 1.68. The van der Waals surface area contributed by atoms with E-state index in [2.05, 4.69) is 0 Å². The van der Waals surface area contributed by atoms with Crippen LogP contribution < -0.4 is 0 Å². The first-order chi connectivity index (χ1) is 7.95. The summed E-state index contributed by atoms with van der Waals surface area (Å²) in [6.07, 6.45) is 3.12. The number of aliphatic carboxylic acids is 1. The third kappa shape index (κ3) is 3.91. The van der Waals surface area contributed by atoms with Gasteiger partial charge in [0.1, 0.15) is 0 Å². The third-order valence-electron chi connectivity index (χ3n) is 3.44. The van der Waals surface area contributed by atoms with E-state index in [4.69, 9.17) is 5.11 Å². The fraction of sp³-hybridized carbons (Fsp3) is 0.833. The predicted octanol–water partition coefficient (Wildman–Crippen LogP) is 1.70. The van der Waals surface area contributed by atoms with E-state index in [0.717, 1.165) is 0 Å². The number of carboxylic acids is 1. The maximum atomic E-state index is 12.0. The number of nitrogens with zero attached hydrogens (tertiary/aromatic N) is 1. The summed E-state index contributed by atoms with van der Waals surface area (Å²) in [5.74, 6) is -0.823. The lowest BCUT2D eigenvalue weighted by Gasteiger charge is -2.35. The Morgan fingerprint density at radius 3 is 2.65 bits per heavy atom. The molecule has 0 spiro atoms. The maximum Gasteiger partial charge on any atom is 0.306 e. The van der Waals surface area contributed by atoms with Crippen molar-refractivity contribution in [2.75, 3.05) is 19.3 Å². The molecule has 17 heavy (non-hydrogen) atoms. The second kappa shape index (κ2) is 6.28. The highest BCUT2D eigenvalue weighted by Gasteiger charge is 2.32. The van der Waals surface area contributed by atoms with Gasteiger partial charge in [-0.05, 0) is 18.6 Å². The van der Waals surface area contributed by atoms with E-state index in [-0.39, 0.29) is 17.7 Å². The Bertz CT molecular complexity index is 295. The van der Waals surface area contributed by atoms with Crippen LogP contribution in [0.25, 0.3) is 0 Å². The highest BCUT2D eigenvalue weighted by atomic mass is 32.2. The molecule has 5 heteroatoms. The van der Waals surface area contributed by atoms with E-state index >= 15 is 0 Å². The van der Waals surface area contributed by atoms with E-state index in [1.165, 1.54) is 0 Å². The smallest absolute Gasteiger partial charge is 0.306 e. The topological polar surface area (TPSA) is 57.6 Å². The van der Waals surface area contributed by atoms with Gasteiger partial charge in [-0.3, -0.25) is 9.59 Å². The first-order valence-corrected chi connectivity index (χ1v) is 7.27. The molecule has 1 aliphatic rings. The van der Waals surface area contributed by atoms with Crippen molar-refractivity contribution in [2.24, 2.45) is 11.8 Å². The summed E-state index contributed by atoms with van der Waals surface area (Å²) in [6.45, 7) is 5.12. The van der Waals surface area contributed by atoms with Crippen LogP contribution in [0.5, 0.6) is 0 Å². The maximum absolute atomic E-state index is 12.0. The van der Waals surface area contributed by atoms with Gasteiger partial charge in [-0.1, -0.05) is 13.8 Å². The van der Waals surface area contributed by atoms with Crippen LogP contribution in [0.4, 0.5) is 0 Å². The van der Waals surface area contributed by atoms with Gasteiger partial charge < -0.3 is 10.0 Å². The molecule has 3 atom stereocenters. The molecule has 0 aromatic heterocycles. The van der Waals surface area contributed by atoms with E-state index in [9.17, 15) is 9.59 Å². The molecular weight excluding hydrogens is 238 g/mol. The number of likely N-dealkylation sites (tertiary alicyclic amines) is 1. The van der Waals surface area contributed by atoms with E-state index in [0.29, 0.717) is 31.2 Å². The average Bonchev–Trinajstić information content (AvgIpc) is 2.28. The van der Waals surface area contributed by atoms with Crippen molar-refractivity contribution in [1.29, 1.82) is 0 Å². The lowest BCUT2D eigenvalue weighted by molar-refractivity contribution is -0.148. The Morgan fingerprint density at radius 2 is 2.18 bits per heavy atom. The number of piperidine rings is 1. The second-order valence-electron chi connectivity index (χ2n) is 4.80. The molecule has 0 saturated carbocycles. The van der Waals surface area contributed by atoms with Gasteiger partial charge in [-0.25, -0.2) is 0 Å². The number of carbonyl (C=O) groups is 2. The summed E-state index contributed by atoms with van der Waals surface area (Å²) in [5, 5.41) is 9.34. The first-order valence-electron chi connectivity index (χ1n) is 5.99. The van der Waals surface area contributed by atoms with Gasteiger partial charge in [0.15, 0.2) is 0 Å². The number of carbonyl (C=O) groups excluding carboxylic acids is 1. The van der Waals surface area contributed by atoms with Crippen LogP contribution in [0.1, 0.15) is 26.7 Å². The van der Waals surface area contributed by atoms with Crippen LogP contribution in [0.15, 0.2) is 0 Å². The normalized spacial score (nSPS) is 26.6. The predicted molar refractivity (Wildman–Crippen MR) is 69.1 cm³/mol. The molecule has 3 unspecified atom stereocenters. The molecule has 0 bridgehead atoms. The van der Waals surface area contributed by atoms with E-state index in [1.54, 1.807) is 11.8 Å². The quantitative estimate of drug-likeness (QED) is 0.835. The zero-order valence-corrected chi connectivity index (χ0v) is 11.5. The summed E-state index contributed by atoms with van der Waals surface area (Å²) in [7, 11) is 0. The number of carboxylic acid groups (broad SMARTS) is 1. The van der Waals surface area contributed by atoms with E-state index < -0.39 is 5.97 Å². The summed E-state index contributed by atoms with van der Waals surface area (Å²) < 4.78 is 0. The van der Waals surface area contributed by atoms with Crippen LogP contribution in [-0.2, 0) is 9.59 Å². The Hall–Kier alpha value is -0.710. The molecule has 0 aliphatic carbocycles. The highest BCUT2D eigenvalue weighted by molar-refractivity contribution is 7.99. The molecule has 1 fully saturated rings. The Kier molecular flexibility index (Phi) is 5.31. The van der Waals surface area contributed by atoms with Crippen LogP contribution in [0, 0.1) is 11.8 Å². The highest BCUT2D eigenvalue weighted by Crippen LogP contribution is 2.24. The van der Waals surface area contributed by atoms with Gasteiger partial charge in [0.05, 0.1) is 5.92 Å². The summed E-state index contributed by atoms with van der Waals surface area (Å²) in [5.41, 5.74) is 0. The number of hydrogen-bond acceptors (Lipinski definition) is 3. The van der Waals surface area contributed by atoms with Gasteiger partial charge >= 0.3 is 5.97 Å². The van der Waals surface area contributed by atoms with Crippen molar-refractivity contribution in [3.8, 4) is 0 Å². The van der Waals surface area contributed by atoms with Crippen LogP contribution >= 0.6 is 11.8 Å². The molecule has 1 rings (SSSR count). The van der Waals surface area contributed by atoms with E-state index in [1.807, 2.05) is 25.0 Å². The van der Waals surface area contributed by atoms with Crippen molar-refractivity contribution in [3.63, 3.8) is 0 Å². The molecule has 4 nitrogen and oxygen atoms in total. The SMILES string of the molecule is CSC(C)CC(=O)N1CCC(C(=O)O)C(C)C1. The fourth-order valence-corrected chi connectivity index (χ4v) is 2.51. The van der Waals surface area contributed by atoms with Crippen molar-refractivity contribution in [3.05, 3.63) is 0 Å². The molecule has 98 valence electrons. The molecule has 0 radical (unpaired) electrons. The molecular formula is C12H21NO3S. The fourth-order valence-electron chi connectivity index (χ4n) is 2.20. The first kappa shape index (κ1) is 14.4. The molecule has 1 aliphatic heterocycles. The largest absolute Gasteiger partial charge is 0.481 e. The number of hydrogen-bond donors (Lipinski definition) is 1. The van der Waals surface area contributed by atoms with Crippen molar-refractivity contribution < 1.29 is 14.7 Å². The standard InChI is InChI=1S/C12H21NO3S/c1-8-7-13(5-4-10(8)12(15)16)11(14)6-9(2)17-3/h8-10H,4-7H2,1-3H3,(H,15,16). The van der Waals surface area contributed by atoms with Crippen molar-refractivity contribution in [1.82, 2.24) is 4.90 Å². The monoisotopic (exact) mass is 259 g/mol. The van der Waals surface area contributed by atoms with Gasteiger partial charge in [0.2, 0.25) is 5.91 Å². The molecule has 1 N–H and O–H groups in total. The third-order valence-corrected chi connectivity index (χ3v) is 4.41. The lowest BCUT2D eigenvalue weighted by Crippen LogP contribution is -2.45. The molecule has 1 heterocycles. The van der Waals surface area contributed by atoms with Crippen LogP contribution in [-0.4, -0.2) is 46.5 Å². The summed E-state index contributed by atoms with van der Waals surface area (Å²) in [4.78, 5) is 24.7. The van der Waals surface area contributed by atoms with Crippen LogP contribution in [0.2, 0.25) is 0 Å². The Labute approximate surface area is 107 Å². The van der Waals surface area contributed by atoms with Gasteiger partial charge in [-0.2, -0.15) is 11.8 Å². The minimum Gasteiger partial charge on any atom is -0.481 e. The van der Waals surface area contributed by atoms with Gasteiger partial charge in [0.25, 0.3) is 0 Å². The lowest BCUT2D eigenvalue weighted by atomic mass is 9.87. The molecule has 0 aromatic rings. The van der Waals surface area contributed by atoms with Crippen molar-refractivity contribution in [2.45, 2.75) is 31.9 Å².